The average Bonchev–Trinajstić information content (AvgIpc) is 2.16. The maximum absolute atomic E-state index is 9.43. The zero-order chi connectivity index (χ0) is 11.5. The van der Waals surface area contributed by atoms with E-state index in [1.807, 2.05) is 0 Å². The van der Waals surface area contributed by atoms with Crippen molar-refractivity contribution in [3.63, 3.8) is 0 Å². The van der Waals surface area contributed by atoms with Gasteiger partial charge in [-0.25, -0.2) is 0 Å². The number of piperidine rings is 1. The van der Waals surface area contributed by atoms with Gasteiger partial charge in [-0.2, -0.15) is 5.26 Å². The standard InChI is InChI=1S/C11H22N2OSi/c1-5-10-8-13-7-6-11(10,9-12)14-15(2,3)4/h10,13H,5-8H2,1-4H3. The lowest BCUT2D eigenvalue weighted by atomic mass is 9.81. The smallest absolute Gasteiger partial charge is 0.185 e. The van der Waals surface area contributed by atoms with Gasteiger partial charge in [0.2, 0.25) is 0 Å². The van der Waals surface area contributed by atoms with E-state index in [4.69, 9.17) is 4.43 Å². The SMILES string of the molecule is CCC1CNCCC1(C#N)O[Si](C)(C)C. The molecule has 1 fully saturated rings. The van der Waals surface area contributed by atoms with Gasteiger partial charge < -0.3 is 9.74 Å². The molecule has 86 valence electrons. The molecule has 2 atom stereocenters. The van der Waals surface area contributed by atoms with Gasteiger partial charge >= 0.3 is 0 Å². The zero-order valence-corrected chi connectivity index (χ0v) is 11.3. The Morgan fingerprint density at radius 1 is 1.53 bits per heavy atom. The van der Waals surface area contributed by atoms with Crippen LogP contribution in [0.25, 0.3) is 0 Å². The molecule has 4 heteroatoms. The van der Waals surface area contributed by atoms with Gasteiger partial charge in [0.05, 0.1) is 6.07 Å². The molecule has 3 nitrogen and oxygen atoms in total. The van der Waals surface area contributed by atoms with Crippen LogP contribution in [-0.4, -0.2) is 27.0 Å². The summed E-state index contributed by atoms with van der Waals surface area (Å²) in [5, 5.41) is 12.8. The summed E-state index contributed by atoms with van der Waals surface area (Å²) in [6.07, 6.45) is 1.83. The van der Waals surface area contributed by atoms with Gasteiger partial charge in [0.15, 0.2) is 8.32 Å². The highest BCUT2D eigenvalue weighted by Gasteiger charge is 2.44. The van der Waals surface area contributed by atoms with Crippen LogP contribution in [0.5, 0.6) is 0 Å². The van der Waals surface area contributed by atoms with Crippen LogP contribution >= 0.6 is 0 Å². The molecule has 0 aromatic heterocycles. The molecule has 0 aromatic carbocycles. The van der Waals surface area contributed by atoms with Gasteiger partial charge in [-0.1, -0.05) is 6.92 Å². The molecular weight excluding hydrogens is 204 g/mol. The fourth-order valence-electron chi connectivity index (χ4n) is 2.24. The minimum absolute atomic E-state index is 0.336. The third kappa shape index (κ3) is 3.04. The van der Waals surface area contributed by atoms with Crippen molar-refractivity contribution in [2.75, 3.05) is 13.1 Å². The molecule has 1 heterocycles. The van der Waals surface area contributed by atoms with Crippen molar-refractivity contribution in [1.29, 1.82) is 5.26 Å². The number of nitriles is 1. The Bertz CT molecular complexity index is 256. The Morgan fingerprint density at radius 2 is 2.20 bits per heavy atom. The molecule has 0 aliphatic carbocycles. The monoisotopic (exact) mass is 226 g/mol. The van der Waals surface area contributed by atoms with E-state index in [0.29, 0.717) is 5.92 Å². The summed E-state index contributed by atoms with van der Waals surface area (Å²) in [5.41, 5.74) is -0.523. The minimum Gasteiger partial charge on any atom is -0.400 e. The first kappa shape index (κ1) is 12.7. The van der Waals surface area contributed by atoms with Gasteiger partial charge in [-0.05, 0) is 32.6 Å². The molecule has 1 saturated heterocycles. The summed E-state index contributed by atoms with van der Waals surface area (Å²) >= 11 is 0. The third-order valence-electron chi connectivity index (χ3n) is 2.89. The second-order valence-electron chi connectivity index (χ2n) is 5.28. The van der Waals surface area contributed by atoms with Gasteiger partial charge in [0.25, 0.3) is 0 Å². The van der Waals surface area contributed by atoms with Crippen molar-refractivity contribution in [2.24, 2.45) is 5.92 Å². The van der Waals surface area contributed by atoms with E-state index in [0.717, 1.165) is 25.9 Å². The number of nitrogens with zero attached hydrogens (tertiary/aromatic N) is 1. The highest BCUT2D eigenvalue weighted by atomic mass is 28.4. The van der Waals surface area contributed by atoms with Crippen LogP contribution in [0.15, 0.2) is 0 Å². The maximum atomic E-state index is 9.43. The van der Waals surface area contributed by atoms with E-state index < -0.39 is 13.9 Å². The fourth-order valence-corrected chi connectivity index (χ4v) is 3.65. The summed E-state index contributed by atoms with van der Waals surface area (Å²) < 4.78 is 6.16. The van der Waals surface area contributed by atoms with Gasteiger partial charge in [-0.15, -0.1) is 0 Å². The van der Waals surface area contributed by atoms with E-state index in [2.05, 4.69) is 38.0 Å². The lowest BCUT2D eigenvalue weighted by Gasteiger charge is -2.42. The van der Waals surface area contributed by atoms with E-state index in [9.17, 15) is 5.26 Å². The third-order valence-corrected chi connectivity index (χ3v) is 3.87. The van der Waals surface area contributed by atoms with Crippen LogP contribution < -0.4 is 5.32 Å². The molecule has 1 rings (SSSR count). The van der Waals surface area contributed by atoms with Crippen molar-refractivity contribution in [1.82, 2.24) is 5.32 Å². The van der Waals surface area contributed by atoms with Gasteiger partial charge in [-0.3, -0.25) is 0 Å². The molecule has 0 bridgehead atoms. The largest absolute Gasteiger partial charge is 0.400 e. The highest BCUT2D eigenvalue weighted by molar-refractivity contribution is 6.69. The first-order valence-corrected chi connectivity index (χ1v) is 9.16. The lowest BCUT2D eigenvalue weighted by molar-refractivity contribution is 0.0264. The Labute approximate surface area is 93.9 Å². The first-order valence-electron chi connectivity index (χ1n) is 5.75. The van der Waals surface area contributed by atoms with Crippen LogP contribution in [0.3, 0.4) is 0 Å². The molecule has 0 aromatic rings. The molecule has 0 radical (unpaired) electrons. The first-order chi connectivity index (χ1) is 6.93. The topological polar surface area (TPSA) is 45.0 Å². The molecule has 0 spiro atoms. The summed E-state index contributed by atoms with van der Waals surface area (Å²) in [6.45, 7) is 10.4. The number of hydrogen-bond donors (Lipinski definition) is 1. The van der Waals surface area contributed by atoms with Gasteiger partial charge in [0, 0.05) is 18.9 Å². The number of nitrogens with one attached hydrogen (secondary N) is 1. The molecule has 15 heavy (non-hydrogen) atoms. The summed E-state index contributed by atoms with van der Waals surface area (Å²) in [7, 11) is -1.65. The number of rotatable bonds is 3. The van der Waals surface area contributed by atoms with E-state index >= 15 is 0 Å². The normalized spacial score (nSPS) is 32.3. The summed E-state index contributed by atoms with van der Waals surface area (Å²) in [4.78, 5) is 0. The summed E-state index contributed by atoms with van der Waals surface area (Å²) in [6, 6.07) is 2.45. The van der Waals surface area contributed by atoms with E-state index in [1.54, 1.807) is 0 Å². The van der Waals surface area contributed by atoms with E-state index in [1.165, 1.54) is 0 Å². The van der Waals surface area contributed by atoms with Crippen LogP contribution in [0.4, 0.5) is 0 Å². The predicted octanol–water partition coefficient (Wildman–Crippen LogP) is 2.12. The Morgan fingerprint density at radius 3 is 2.67 bits per heavy atom. The Kier molecular flexibility index (Phi) is 3.93. The quantitative estimate of drug-likeness (QED) is 0.750. The van der Waals surface area contributed by atoms with Crippen molar-refractivity contribution in [3.8, 4) is 6.07 Å². The molecule has 1 aliphatic rings. The van der Waals surface area contributed by atoms with Crippen LogP contribution in [0.2, 0.25) is 19.6 Å². The van der Waals surface area contributed by atoms with Crippen molar-refractivity contribution >= 4 is 8.32 Å². The minimum atomic E-state index is -1.65. The molecule has 1 N–H and O–H groups in total. The fraction of sp³-hybridized carbons (Fsp3) is 0.909. The molecule has 0 saturated carbocycles. The zero-order valence-electron chi connectivity index (χ0n) is 10.3. The predicted molar refractivity (Wildman–Crippen MR) is 64.0 cm³/mol. The van der Waals surface area contributed by atoms with Crippen LogP contribution in [0, 0.1) is 17.2 Å². The Hall–Kier alpha value is -0.373. The summed E-state index contributed by atoms with van der Waals surface area (Å²) in [5.74, 6) is 0.336. The second kappa shape index (κ2) is 4.65. The van der Waals surface area contributed by atoms with E-state index in [-0.39, 0.29) is 0 Å². The lowest BCUT2D eigenvalue weighted by Crippen LogP contribution is -2.54. The van der Waals surface area contributed by atoms with Crippen molar-refractivity contribution < 1.29 is 4.43 Å². The maximum Gasteiger partial charge on any atom is 0.185 e. The molecule has 1 aliphatic heterocycles. The van der Waals surface area contributed by atoms with Crippen molar-refractivity contribution in [3.05, 3.63) is 0 Å². The molecule has 0 amide bonds. The van der Waals surface area contributed by atoms with Gasteiger partial charge in [0.1, 0.15) is 5.60 Å². The number of hydrogen-bond acceptors (Lipinski definition) is 3. The Balaban J connectivity index is 2.85. The van der Waals surface area contributed by atoms with Crippen LogP contribution in [-0.2, 0) is 4.43 Å². The molecule has 2 unspecified atom stereocenters. The molecular formula is C11H22N2OSi. The second-order valence-corrected chi connectivity index (χ2v) is 9.70. The highest BCUT2D eigenvalue weighted by Crippen LogP contribution is 2.33. The van der Waals surface area contributed by atoms with Crippen LogP contribution in [0.1, 0.15) is 19.8 Å². The van der Waals surface area contributed by atoms with Crippen molar-refractivity contribution in [2.45, 2.75) is 45.0 Å². The average molecular weight is 226 g/mol.